The Balaban J connectivity index is 1.73. The van der Waals surface area contributed by atoms with E-state index in [9.17, 15) is 14.4 Å². The molecule has 28 heavy (non-hydrogen) atoms. The highest BCUT2D eigenvalue weighted by molar-refractivity contribution is 5.86. The van der Waals surface area contributed by atoms with Gasteiger partial charge in [0.25, 0.3) is 5.91 Å². The van der Waals surface area contributed by atoms with E-state index in [4.69, 9.17) is 9.47 Å². The highest BCUT2D eigenvalue weighted by Crippen LogP contribution is 2.30. The van der Waals surface area contributed by atoms with Gasteiger partial charge in [-0.2, -0.15) is 0 Å². The summed E-state index contributed by atoms with van der Waals surface area (Å²) in [6.45, 7) is 5.63. The molecule has 0 radical (unpaired) electrons. The maximum Gasteiger partial charge on any atom is 0.409 e. The first-order valence-electron chi connectivity index (χ1n) is 9.56. The third-order valence-electron chi connectivity index (χ3n) is 5.26. The van der Waals surface area contributed by atoms with E-state index in [1.807, 2.05) is 31.2 Å². The van der Waals surface area contributed by atoms with Gasteiger partial charge in [0.1, 0.15) is 6.61 Å². The second-order valence-electron chi connectivity index (χ2n) is 7.10. The lowest BCUT2D eigenvalue weighted by Crippen LogP contribution is -2.57. The average molecular weight is 389 g/mol. The number of amides is 3. The first-order valence-corrected chi connectivity index (χ1v) is 9.56. The first-order chi connectivity index (χ1) is 13.4. The van der Waals surface area contributed by atoms with Crippen molar-refractivity contribution in [3.63, 3.8) is 0 Å². The molecule has 0 unspecified atom stereocenters. The number of piperazine rings is 1. The number of ether oxygens (including phenoxy) is 2. The molecule has 2 aliphatic rings. The zero-order valence-electron chi connectivity index (χ0n) is 16.6. The molecule has 0 N–H and O–H groups in total. The van der Waals surface area contributed by atoms with Crippen LogP contribution in [0.2, 0.25) is 0 Å². The van der Waals surface area contributed by atoms with Gasteiger partial charge in [0.15, 0.2) is 6.10 Å². The summed E-state index contributed by atoms with van der Waals surface area (Å²) in [5, 5.41) is 0. The molecule has 3 rings (SSSR count). The molecule has 2 atom stereocenters. The van der Waals surface area contributed by atoms with Gasteiger partial charge in [-0.1, -0.05) is 29.8 Å². The van der Waals surface area contributed by atoms with Crippen LogP contribution in [-0.4, -0.2) is 85.2 Å². The highest BCUT2D eigenvalue weighted by Gasteiger charge is 2.42. The Morgan fingerprint density at radius 3 is 2.32 bits per heavy atom. The van der Waals surface area contributed by atoms with Crippen LogP contribution in [0.3, 0.4) is 0 Å². The fraction of sp³-hybridized carbons (Fsp3) is 0.550. The zero-order valence-corrected chi connectivity index (χ0v) is 16.6. The molecule has 1 aromatic rings. The standard InChI is InChI=1S/C20H27N3O5/c1-4-27-20(26)23-11-9-22(10-12-23)19(25)18-17(21(3)16(24)13-28-18)15-7-5-14(2)6-8-15/h5-8,17-18H,4,9-13H2,1-3H3/t17-,18-/m0/s1. The minimum absolute atomic E-state index is 0.113. The molecule has 0 aliphatic carbocycles. The van der Waals surface area contributed by atoms with Crippen LogP contribution in [0.1, 0.15) is 24.1 Å². The van der Waals surface area contributed by atoms with E-state index >= 15 is 0 Å². The molecule has 8 heteroatoms. The van der Waals surface area contributed by atoms with Crippen LogP contribution >= 0.6 is 0 Å². The van der Waals surface area contributed by atoms with Crippen LogP contribution in [0.15, 0.2) is 24.3 Å². The van der Waals surface area contributed by atoms with Crippen molar-refractivity contribution in [2.45, 2.75) is 26.0 Å². The second kappa shape index (κ2) is 8.60. The second-order valence-corrected chi connectivity index (χ2v) is 7.10. The summed E-state index contributed by atoms with van der Waals surface area (Å²) in [4.78, 5) is 42.1. The van der Waals surface area contributed by atoms with Gasteiger partial charge in [0.2, 0.25) is 5.91 Å². The monoisotopic (exact) mass is 389 g/mol. The van der Waals surface area contributed by atoms with Gasteiger partial charge in [-0.25, -0.2) is 4.79 Å². The smallest absolute Gasteiger partial charge is 0.409 e. The molecule has 0 aromatic heterocycles. The lowest BCUT2D eigenvalue weighted by Gasteiger charge is -2.42. The molecule has 2 fully saturated rings. The predicted octanol–water partition coefficient (Wildman–Crippen LogP) is 1.19. The van der Waals surface area contributed by atoms with Crippen molar-refractivity contribution in [2.75, 3.05) is 46.4 Å². The van der Waals surface area contributed by atoms with Gasteiger partial charge < -0.3 is 24.2 Å². The Morgan fingerprint density at radius 1 is 1.11 bits per heavy atom. The minimum Gasteiger partial charge on any atom is -0.450 e. The number of carbonyl (C=O) groups excluding carboxylic acids is 3. The molecule has 2 heterocycles. The number of hydrogen-bond donors (Lipinski definition) is 0. The molecular weight excluding hydrogens is 362 g/mol. The number of benzene rings is 1. The summed E-state index contributed by atoms with van der Waals surface area (Å²) in [5.74, 6) is -0.310. The number of rotatable bonds is 3. The molecule has 152 valence electrons. The average Bonchev–Trinajstić information content (AvgIpc) is 2.70. The number of aryl methyl sites for hydroxylation is 1. The highest BCUT2D eigenvalue weighted by atomic mass is 16.6. The molecular formula is C20H27N3O5. The van der Waals surface area contributed by atoms with Crippen molar-refractivity contribution in [3.05, 3.63) is 35.4 Å². The zero-order chi connectivity index (χ0) is 20.3. The Labute approximate surface area is 165 Å². The van der Waals surface area contributed by atoms with Crippen molar-refractivity contribution in [3.8, 4) is 0 Å². The molecule has 0 spiro atoms. The molecule has 2 aliphatic heterocycles. The van der Waals surface area contributed by atoms with Crippen LogP contribution in [0.4, 0.5) is 4.79 Å². The Hall–Kier alpha value is -2.61. The molecule has 8 nitrogen and oxygen atoms in total. The maximum absolute atomic E-state index is 13.2. The Morgan fingerprint density at radius 2 is 1.71 bits per heavy atom. The summed E-state index contributed by atoms with van der Waals surface area (Å²) >= 11 is 0. The van der Waals surface area contributed by atoms with Crippen LogP contribution in [0, 0.1) is 6.92 Å². The van der Waals surface area contributed by atoms with Gasteiger partial charge in [-0.15, -0.1) is 0 Å². The summed E-state index contributed by atoms with van der Waals surface area (Å²) in [6, 6.07) is 7.30. The number of hydrogen-bond acceptors (Lipinski definition) is 5. The number of carbonyl (C=O) groups is 3. The summed E-state index contributed by atoms with van der Waals surface area (Å²) in [5.41, 5.74) is 1.97. The Kier molecular flexibility index (Phi) is 6.18. The number of likely N-dealkylation sites (N-methyl/N-ethyl adjacent to an activating group) is 1. The van der Waals surface area contributed by atoms with E-state index in [2.05, 4.69) is 0 Å². The molecule has 1 aromatic carbocycles. The molecule has 0 bridgehead atoms. The van der Waals surface area contributed by atoms with Crippen LogP contribution in [0.5, 0.6) is 0 Å². The van der Waals surface area contributed by atoms with Gasteiger partial charge in [-0.05, 0) is 19.4 Å². The first kappa shape index (κ1) is 20.1. The lowest BCUT2D eigenvalue weighted by atomic mass is 9.96. The summed E-state index contributed by atoms with van der Waals surface area (Å²) in [6.07, 6.45) is -1.12. The number of nitrogens with zero attached hydrogens (tertiary/aromatic N) is 3. The summed E-state index contributed by atoms with van der Waals surface area (Å²) in [7, 11) is 1.70. The van der Waals surface area contributed by atoms with E-state index in [0.29, 0.717) is 32.8 Å². The Bertz CT molecular complexity index is 728. The largest absolute Gasteiger partial charge is 0.450 e. The lowest BCUT2D eigenvalue weighted by molar-refractivity contribution is -0.168. The SMILES string of the molecule is CCOC(=O)N1CCN(C(=O)[C@H]2OCC(=O)N(C)[C@H]2c2ccc(C)cc2)CC1. The van der Waals surface area contributed by atoms with Crippen molar-refractivity contribution >= 4 is 17.9 Å². The molecule has 2 saturated heterocycles. The van der Waals surface area contributed by atoms with Crippen LogP contribution in [-0.2, 0) is 19.1 Å². The van der Waals surface area contributed by atoms with Crippen molar-refractivity contribution in [2.24, 2.45) is 0 Å². The van der Waals surface area contributed by atoms with E-state index in [1.165, 1.54) is 0 Å². The third-order valence-corrected chi connectivity index (χ3v) is 5.26. The van der Waals surface area contributed by atoms with Gasteiger partial charge in [-0.3, -0.25) is 9.59 Å². The topological polar surface area (TPSA) is 79.4 Å². The van der Waals surface area contributed by atoms with E-state index < -0.39 is 12.1 Å². The quantitative estimate of drug-likeness (QED) is 0.776. The van der Waals surface area contributed by atoms with E-state index in [1.54, 1.807) is 28.7 Å². The van der Waals surface area contributed by atoms with Crippen LogP contribution < -0.4 is 0 Å². The van der Waals surface area contributed by atoms with Gasteiger partial charge in [0, 0.05) is 33.2 Å². The van der Waals surface area contributed by atoms with Crippen molar-refractivity contribution in [1.82, 2.24) is 14.7 Å². The van der Waals surface area contributed by atoms with Crippen molar-refractivity contribution in [1.29, 1.82) is 0 Å². The number of morpholine rings is 1. The normalized spacial score (nSPS) is 23.0. The van der Waals surface area contributed by atoms with E-state index in [0.717, 1.165) is 11.1 Å². The third kappa shape index (κ3) is 4.11. The molecule has 3 amide bonds. The maximum atomic E-state index is 13.2. The summed E-state index contributed by atoms with van der Waals surface area (Å²) < 4.78 is 10.7. The predicted molar refractivity (Wildman–Crippen MR) is 102 cm³/mol. The fourth-order valence-electron chi connectivity index (χ4n) is 3.58. The minimum atomic E-state index is -0.764. The van der Waals surface area contributed by atoms with Crippen LogP contribution in [0.25, 0.3) is 0 Å². The fourth-order valence-corrected chi connectivity index (χ4v) is 3.58. The van der Waals surface area contributed by atoms with Crippen molar-refractivity contribution < 1.29 is 23.9 Å². The van der Waals surface area contributed by atoms with Gasteiger partial charge in [0.05, 0.1) is 12.6 Å². The van der Waals surface area contributed by atoms with Gasteiger partial charge >= 0.3 is 6.09 Å². The van der Waals surface area contributed by atoms with E-state index in [-0.39, 0.29) is 24.5 Å². The molecule has 0 saturated carbocycles.